The number of carbonyl (C=O) groups excluding carboxylic acids is 2. The Hall–Kier alpha value is -0.900. The Morgan fingerprint density at radius 2 is 1.86 bits per heavy atom. The van der Waals surface area contributed by atoms with Crippen LogP contribution < -0.4 is 0 Å². The van der Waals surface area contributed by atoms with E-state index in [9.17, 15) is 9.59 Å². The standard InChI is InChI=1S/C17H26O4/c1-4-16(2,3)15(19)20-10-21-17-8-11-5-12(9-17)7-13(6-11)14(17)18/h11-13H,4-10H2,1-3H3. The van der Waals surface area contributed by atoms with Gasteiger partial charge in [0.05, 0.1) is 5.41 Å². The second-order valence-electron chi connectivity index (χ2n) is 7.83. The predicted octanol–water partition coefficient (Wildman–Crippen LogP) is 3.09. The Bertz CT molecular complexity index is 440. The van der Waals surface area contributed by atoms with E-state index in [4.69, 9.17) is 9.47 Å². The molecule has 4 aliphatic rings. The van der Waals surface area contributed by atoms with Crippen molar-refractivity contribution in [3.05, 3.63) is 0 Å². The van der Waals surface area contributed by atoms with Gasteiger partial charge in [0.15, 0.2) is 12.6 Å². The van der Waals surface area contributed by atoms with Gasteiger partial charge in [-0.05, 0) is 64.2 Å². The molecule has 2 atom stereocenters. The lowest BCUT2D eigenvalue weighted by molar-refractivity contribution is -0.211. The molecular formula is C17H26O4. The minimum atomic E-state index is -0.647. The molecule has 0 N–H and O–H groups in total. The second-order valence-corrected chi connectivity index (χ2v) is 7.83. The summed E-state index contributed by atoms with van der Waals surface area (Å²) in [5.74, 6) is 1.47. The van der Waals surface area contributed by atoms with Crippen molar-refractivity contribution < 1.29 is 19.1 Å². The number of hydrogen-bond donors (Lipinski definition) is 0. The molecule has 4 heteroatoms. The van der Waals surface area contributed by atoms with Crippen LogP contribution in [-0.2, 0) is 19.1 Å². The lowest BCUT2D eigenvalue weighted by atomic mass is 9.53. The molecular weight excluding hydrogens is 268 g/mol. The lowest BCUT2D eigenvalue weighted by Gasteiger charge is -2.54. The highest BCUT2D eigenvalue weighted by Gasteiger charge is 2.57. The molecule has 2 unspecified atom stereocenters. The van der Waals surface area contributed by atoms with E-state index in [1.54, 1.807) is 0 Å². The van der Waals surface area contributed by atoms with Crippen molar-refractivity contribution in [3.63, 3.8) is 0 Å². The first-order valence-electron chi connectivity index (χ1n) is 8.22. The molecule has 0 spiro atoms. The van der Waals surface area contributed by atoms with Crippen LogP contribution in [-0.4, -0.2) is 24.1 Å². The molecule has 4 rings (SSSR count). The normalized spacial score (nSPS) is 37.9. The third kappa shape index (κ3) is 2.52. The average molecular weight is 294 g/mol. The van der Waals surface area contributed by atoms with E-state index in [2.05, 4.69) is 0 Å². The zero-order chi connectivity index (χ0) is 15.3. The van der Waals surface area contributed by atoms with Crippen molar-refractivity contribution >= 4 is 11.8 Å². The average Bonchev–Trinajstić information content (AvgIpc) is 2.43. The van der Waals surface area contributed by atoms with Gasteiger partial charge >= 0.3 is 5.97 Å². The Kier molecular flexibility index (Phi) is 3.63. The highest BCUT2D eigenvalue weighted by Crippen LogP contribution is 2.55. The van der Waals surface area contributed by atoms with Gasteiger partial charge in [-0.2, -0.15) is 0 Å². The van der Waals surface area contributed by atoms with Gasteiger partial charge in [0.25, 0.3) is 0 Å². The van der Waals surface area contributed by atoms with E-state index < -0.39 is 11.0 Å². The fourth-order valence-electron chi connectivity index (χ4n) is 4.43. The summed E-state index contributed by atoms with van der Waals surface area (Å²) < 4.78 is 11.1. The minimum absolute atomic E-state index is 0.0832. The highest BCUT2D eigenvalue weighted by atomic mass is 16.7. The van der Waals surface area contributed by atoms with Crippen molar-refractivity contribution in [3.8, 4) is 0 Å². The van der Waals surface area contributed by atoms with Crippen LogP contribution in [0.15, 0.2) is 0 Å². The number of ether oxygens (including phenoxy) is 2. The number of carbonyl (C=O) groups is 2. The minimum Gasteiger partial charge on any atom is -0.438 e. The summed E-state index contributed by atoms with van der Waals surface area (Å²) in [5, 5.41) is 0. The molecule has 0 heterocycles. The van der Waals surface area contributed by atoms with Crippen molar-refractivity contribution in [1.29, 1.82) is 0 Å². The Morgan fingerprint density at radius 1 is 1.24 bits per heavy atom. The summed E-state index contributed by atoms with van der Waals surface area (Å²) >= 11 is 0. The number of hydrogen-bond acceptors (Lipinski definition) is 4. The molecule has 0 aromatic carbocycles. The summed E-state index contributed by atoms with van der Waals surface area (Å²) in [7, 11) is 0. The van der Waals surface area contributed by atoms with Crippen molar-refractivity contribution in [2.45, 2.75) is 64.9 Å². The van der Waals surface area contributed by atoms with Crippen LogP contribution in [0, 0.1) is 23.2 Å². The van der Waals surface area contributed by atoms with E-state index in [1.807, 2.05) is 20.8 Å². The van der Waals surface area contributed by atoms with E-state index in [-0.39, 0.29) is 24.5 Å². The van der Waals surface area contributed by atoms with E-state index in [1.165, 1.54) is 6.42 Å². The number of rotatable bonds is 5. The number of ketones is 1. The monoisotopic (exact) mass is 294 g/mol. The summed E-state index contributed by atoms with van der Waals surface area (Å²) in [5.41, 5.74) is -1.14. The van der Waals surface area contributed by atoms with Crippen LogP contribution in [0.3, 0.4) is 0 Å². The van der Waals surface area contributed by atoms with Gasteiger partial charge in [0, 0.05) is 5.92 Å². The molecule has 0 radical (unpaired) electrons. The van der Waals surface area contributed by atoms with Crippen molar-refractivity contribution in [1.82, 2.24) is 0 Å². The molecule has 0 aromatic rings. The maximum atomic E-state index is 12.6. The maximum absolute atomic E-state index is 12.6. The molecule has 21 heavy (non-hydrogen) atoms. The van der Waals surface area contributed by atoms with Crippen LogP contribution in [0.1, 0.15) is 59.3 Å². The van der Waals surface area contributed by atoms with Gasteiger partial charge in [-0.1, -0.05) is 6.92 Å². The number of Topliss-reactive ketones (excluding diaryl/α,β-unsaturated/α-hetero) is 1. The summed E-state index contributed by atoms with van der Waals surface area (Å²) in [6.45, 7) is 5.61. The van der Waals surface area contributed by atoms with Crippen LogP contribution in [0.4, 0.5) is 0 Å². The third-order valence-corrected chi connectivity index (χ3v) is 5.92. The molecule has 4 saturated carbocycles. The fourth-order valence-corrected chi connectivity index (χ4v) is 4.43. The van der Waals surface area contributed by atoms with Gasteiger partial charge in [0.1, 0.15) is 5.60 Å². The Balaban J connectivity index is 1.60. The van der Waals surface area contributed by atoms with Crippen LogP contribution >= 0.6 is 0 Å². The van der Waals surface area contributed by atoms with Gasteiger partial charge < -0.3 is 9.47 Å². The summed E-state index contributed by atoms with van der Waals surface area (Å²) in [6, 6.07) is 0. The SMILES string of the molecule is CCC(C)(C)C(=O)OCOC12CC3CC(CC(C3)C1=O)C2. The molecule has 4 bridgehead atoms. The zero-order valence-corrected chi connectivity index (χ0v) is 13.3. The highest BCUT2D eigenvalue weighted by molar-refractivity contribution is 5.91. The predicted molar refractivity (Wildman–Crippen MR) is 77.4 cm³/mol. The second kappa shape index (κ2) is 5.08. The Morgan fingerprint density at radius 3 is 2.43 bits per heavy atom. The van der Waals surface area contributed by atoms with Crippen LogP contribution in [0.5, 0.6) is 0 Å². The number of esters is 1. The van der Waals surface area contributed by atoms with E-state index >= 15 is 0 Å². The Labute approximate surface area is 126 Å². The van der Waals surface area contributed by atoms with Crippen LogP contribution in [0.25, 0.3) is 0 Å². The first kappa shape index (κ1) is 15.0. The first-order valence-corrected chi connectivity index (χ1v) is 8.22. The smallest absolute Gasteiger partial charge is 0.313 e. The summed E-state index contributed by atoms with van der Waals surface area (Å²) in [6.07, 6.45) is 5.72. The lowest BCUT2D eigenvalue weighted by Crippen LogP contribution is -2.59. The molecule has 4 aliphatic carbocycles. The summed E-state index contributed by atoms with van der Waals surface area (Å²) in [4.78, 5) is 24.5. The molecule has 0 saturated heterocycles. The van der Waals surface area contributed by atoms with Gasteiger partial charge in [-0.3, -0.25) is 9.59 Å². The fraction of sp³-hybridized carbons (Fsp3) is 0.882. The van der Waals surface area contributed by atoms with Crippen molar-refractivity contribution in [2.75, 3.05) is 6.79 Å². The molecule has 4 fully saturated rings. The van der Waals surface area contributed by atoms with Crippen molar-refractivity contribution in [2.24, 2.45) is 23.2 Å². The van der Waals surface area contributed by atoms with Gasteiger partial charge in [-0.15, -0.1) is 0 Å². The zero-order valence-electron chi connectivity index (χ0n) is 13.3. The quantitative estimate of drug-likeness (QED) is 0.577. The third-order valence-electron chi connectivity index (χ3n) is 5.92. The molecule has 0 amide bonds. The maximum Gasteiger partial charge on any atom is 0.313 e. The van der Waals surface area contributed by atoms with Gasteiger partial charge in [0.2, 0.25) is 0 Å². The van der Waals surface area contributed by atoms with Gasteiger partial charge in [-0.25, -0.2) is 0 Å². The molecule has 4 nitrogen and oxygen atoms in total. The van der Waals surface area contributed by atoms with Crippen LogP contribution in [0.2, 0.25) is 0 Å². The van der Waals surface area contributed by atoms with E-state index in [0.717, 1.165) is 32.1 Å². The molecule has 118 valence electrons. The molecule has 0 aliphatic heterocycles. The largest absolute Gasteiger partial charge is 0.438 e. The molecule has 0 aromatic heterocycles. The van der Waals surface area contributed by atoms with E-state index in [0.29, 0.717) is 11.8 Å². The topological polar surface area (TPSA) is 52.6 Å². The first-order chi connectivity index (χ1) is 9.86.